The second-order valence-electron chi connectivity index (χ2n) is 6.73. The maximum atomic E-state index is 5.61. The van der Waals surface area contributed by atoms with E-state index in [9.17, 15) is 0 Å². The summed E-state index contributed by atoms with van der Waals surface area (Å²) in [5.74, 6) is 0. The van der Waals surface area contributed by atoms with Crippen LogP contribution in [0, 0.1) is 0 Å². The molecule has 4 nitrogen and oxygen atoms in total. The first-order valence-corrected chi connectivity index (χ1v) is 9.12. The van der Waals surface area contributed by atoms with E-state index in [0.717, 1.165) is 45.7 Å². The van der Waals surface area contributed by atoms with Crippen LogP contribution in [0.1, 0.15) is 17.5 Å². The van der Waals surface area contributed by atoms with E-state index in [1.807, 2.05) is 0 Å². The quantitative estimate of drug-likeness (QED) is 0.617. The fraction of sp³-hybridized carbons (Fsp3) is 0.429. The molecule has 0 spiro atoms. The second-order valence-corrected chi connectivity index (χ2v) is 6.73. The van der Waals surface area contributed by atoms with E-state index < -0.39 is 0 Å². The van der Waals surface area contributed by atoms with Gasteiger partial charge in [0.25, 0.3) is 0 Å². The molecule has 2 rings (SSSR count). The summed E-state index contributed by atoms with van der Waals surface area (Å²) in [6, 6.07) is 19.3. The molecule has 2 aromatic rings. The first-order valence-electron chi connectivity index (χ1n) is 9.12. The fourth-order valence-corrected chi connectivity index (χ4v) is 2.79. The van der Waals surface area contributed by atoms with Gasteiger partial charge in [-0.1, -0.05) is 48.5 Å². The summed E-state index contributed by atoms with van der Waals surface area (Å²) < 4.78 is 0. The number of nitrogens with one attached hydrogen (secondary N) is 1. The number of benzene rings is 2. The molecule has 0 amide bonds. The van der Waals surface area contributed by atoms with Crippen molar-refractivity contribution in [2.45, 2.75) is 19.5 Å². The standard InChI is InChI=1S/C21H32N4/c1-24(2)15-16-25(17-19-9-4-3-5-10-19)18-20-11-6-7-12-21(20)23-14-8-13-22/h3-7,9-12,23H,8,13-18,22H2,1-2H3. The molecule has 4 heteroatoms. The maximum absolute atomic E-state index is 5.61. The van der Waals surface area contributed by atoms with E-state index in [1.54, 1.807) is 0 Å². The molecule has 0 aromatic heterocycles. The minimum absolute atomic E-state index is 0.720. The molecule has 0 fully saturated rings. The summed E-state index contributed by atoms with van der Waals surface area (Å²) in [7, 11) is 4.26. The monoisotopic (exact) mass is 340 g/mol. The number of anilines is 1. The largest absolute Gasteiger partial charge is 0.385 e. The van der Waals surface area contributed by atoms with Crippen molar-refractivity contribution < 1.29 is 0 Å². The van der Waals surface area contributed by atoms with Crippen LogP contribution < -0.4 is 11.1 Å². The minimum Gasteiger partial charge on any atom is -0.385 e. The lowest BCUT2D eigenvalue weighted by atomic mass is 10.1. The van der Waals surface area contributed by atoms with Gasteiger partial charge < -0.3 is 16.0 Å². The third-order valence-electron chi connectivity index (χ3n) is 4.22. The Hall–Kier alpha value is -1.88. The lowest BCUT2D eigenvalue weighted by Gasteiger charge is -2.25. The average Bonchev–Trinajstić information content (AvgIpc) is 2.62. The highest BCUT2D eigenvalue weighted by atomic mass is 15.2. The Balaban J connectivity index is 2.07. The molecule has 25 heavy (non-hydrogen) atoms. The average molecular weight is 341 g/mol. The predicted octanol–water partition coefficient (Wildman–Crippen LogP) is 3.01. The molecule has 3 N–H and O–H groups in total. The Labute approximate surface area is 152 Å². The van der Waals surface area contributed by atoms with E-state index in [0.29, 0.717) is 0 Å². The highest BCUT2D eigenvalue weighted by Gasteiger charge is 2.10. The van der Waals surface area contributed by atoms with Crippen molar-refractivity contribution in [3.8, 4) is 0 Å². The van der Waals surface area contributed by atoms with Crippen LogP contribution in [0.5, 0.6) is 0 Å². The van der Waals surface area contributed by atoms with E-state index in [1.165, 1.54) is 16.8 Å². The van der Waals surface area contributed by atoms with E-state index >= 15 is 0 Å². The number of para-hydroxylation sites is 1. The number of hydrogen-bond acceptors (Lipinski definition) is 4. The summed E-state index contributed by atoms with van der Waals surface area (Å²) in [6.07, 6.45) is 0.989. The highest BCUT2D eigenvalue weighted by Crippen LogP contribution is 2.18. The predicted molar refractivity (Wildman–Crippen MR) is 108 cm³/mol. The van der Waals surface area contributed by atoms with Crippen LogP contribution in [-0.2, 0) is 13.1 Å². The normalized spacial score (nSPS) is 11.2. The van der Waals surface area contributed by atoms with Gasteiger partial charge in [-0.15, -0.1) is 0 Å². The highest BCUT2D eigenvalue weighted by molar-refractivity contribution is 5.51. The number of hydrogen-bond donors (Lipinski definition) is 2. The Morgan fingerprint density at radius 3 is 2.32 bits per heavy atom. The van der Waals surface area contributed by atoms with Gasteiger partial charge in [0, 0.05) is 38.4 Å². The topological polar surface area (TPSA) is 44.5 Å². The van der Waals surface area contributed by atoms with Crippen molar-refractivity contribution in [1.29, 1.82) is 0 Å². The van der Waals surface area contributed by atoms with Crippen LogP contribution in [0.4, 0.5) is 5.69 Å². The molecule has 0 radical (unpaired) electrons. The number of likely N-dealkylation sites (N-methyl/N-ethyl adjacent to an activating group) is 1. The molecule has 0 aliphatic rings. The molecule has 0 aliphatic heterocycles. The van der Waals surface area contributed by atoms with Crippen molar-refractivity contribution in [3.63, 3.8) is 0 Å². The zero-order valence-corrected chi connectivity index (χ0v) is 15.6. The molecule has 0 saturated carbocycles. The first-order chi connectivity index (χ1) is 12.2. The van der Waals surface area contributed by atoms with Crippen molar-refractivity contribution >= 4 is 5.69 Å². The molecule has 2 aromatic carbocycles. The number of rotatable bonds is 11. The Morgan fingerprint density at radius 2 is 1.60 bits per heavy atom. The Morgan fingerprint density at radius 1 is 0.880 bits per heavy atom. The van der Waals surface area contributed by atoms with Crippen molar-refractivity contribution in [2.24, 2.45) is 5.73 Å². The van der Waals surface area contributed by atoms with Gasteiger partial charge in [0.15, 0.2) is 0 Å². The molecule has 0 atom stereocenters. The zero-order chi connectivity index (χ0) is 17.9. The van der Waals surface area contributed by atoms with E-state index in [2.05, 4.69) is 83.8 Å². The molecule has 0 heterocycles. The molecule has 0 saturated heterocycles. The lowest BCUT2D eigenvalue weighted by Crippen LogP contribution is -2.31. The van der Waals surface area contributed by atoms with Gasteiger partial charge in [0.05, 0.1) is 0 Å². The minimum atomic E-state index is 0.720. The molecule has 136 valence electrons. The van der Waals surface area contributed by atoms with Gasteiger partial charge >= 0.3 is 0 Å². The summed E-state index contributed by atoms with van der Waals surface area (Å²) in [5.41, 5.74) is 9.53. The zero-order valence-electron chi connectivity index (χ0n) is 15.6. The van der Waals surface area contributed by atoms with Crippen LogP contribution in [0.3, 0.4) is 0 Å². The summed E-state index contributed by atoms with van der Waals surface area (Å²) >= 11 is 0. The third-order valence-corrected chi connectivity index (χ3v) is 4.22. The molecule has 0 aliphatic carbocycles. The van der Waals surface area contributed by atoms with Crippen LogP contribution in [-0.4, -0.2) is 50.1 Å². The maximum Gasteiger partial charge on any atom is 0.0385 e. The van der Waals surface area contributed by atoms with Gasteiger partial charge in [0.1, 0.15) is 0 Å². The second kappa shape index (κ2) is 10.9. The van der Waals surface area contributed by atoms with E-state index in [-0.39, 0.29) is 0 Å². The van der Waals surface area contributed by atoms with Gasteiger partial charge in [-0.05, 0) is 44.3 Å². The summed E-state index contributed by atoms with van der Waals surface area (Å²) in [6.45, 7) is 5.64. The van der Waals surface area contributed by atoms with Crippen LogP contribution >= 0.6 is 0 Å². The van der Waals surface area contributed by atoms with Crippen molar-refractivity contribution in [1.82, 2.24) is 9.80 Å². The Bertz CT molecular complexity index is 598. The SMILES string of the molecule is CN(C)CCN(Cc1ccccc1)Cc1ccccc1NCCCN. The smallest absolute Gasteiger partial charge is 0.0385 e. The van der Waals surface area contributed by atoms with Gasteiger partial charge in [-0.2, -0.15) is 0 Å². The van der Waals surface area contributed by atoms with Crippen molar-refractivity contribution in [3.05, 3.63) is 65.7 Å². The number of nitrogens with two attached hydrogens (primary N) is 1. The molecule has 0 unspecified atom stereocenters. The van der Waals surface area contributed by atoms with Crippen LogP contribution in [0.25, 0.3) is 0 Å². The van der Waals surface area contributed by atoms with Crippen LogP contribution in [0.2, 0.25) is 0 Å². The summed E-state index contributed by atoms with van der Waals surface area (Å²) in [5, 5.41) is 3.53. The molecule has 0 bridgehead atoms. The van der Waals surface area contributed by atoms with Gasteiger partial charge in [-0.25, -0.2) is 0 Å². The fourth-order valence-electron chi connectivity index (χ4n) is 2.79. The summed E-state index contributed by atoms with van der Waals surface area (Å²) in [4.78, 5) is 4.75. The lowest BCUT2D eigenvalue weighted by molar-refractivity contribution is 0.226. The van der Waals surface area contributed by atoms with Gasteiger partial charge in [-0.3, -0.25) is 4.90 Å². The molecular formula is C21H32N4. The Kier molecular flexibility index (Phi) is 8.46. The van der Waals surface area contributed by atoms with Crippen LogP contribution in [0.15, 0.2) is 54.6 Å². The molecular weight excluding hydrogens is 308 g/mol. The first kappa shape index (κ1) is 19.4. The van der Waals surface area contributed by atoms with Gasteiger partial charge in [0.2, 0.25) is 0 Å². The van der Waals surface area contributed by atoms with Crippen molar-refractivity contribution in [2.75, 3.05) is 45.6 Å². The van der Waals surface area contributed by atoms with E-state index in [4.69, 9.17) is 5.73 Å². The third kappa shape index (κ3) is 7.26. The number of nitrogens with zero attached hydrogens (tertiary/aromatic N) is 2.